The molecule has 9 atom stereocenters. The monoisotopic (exact) mass is 428 g/mol. The Bertz CT molecular complexity index is 559. The van der Waals surface area contributed by atoms with Crippen molar-refractivity contribution in [1.82, 2.24) is 0 Å². The first kappa shape index (κ1) is 25.5. The average Bonchev–Trinajstić information content (AvgIpc) is 2.93. The van der Waals surface area contributed by atoms with E-state index in [0.29, 0.717) is 0 Å². The molecule has 2 saturated heterocycles. The number of hydrogen-bond acceptors (Lipinski definition) is 13. The smallest absolute Gasteiger partial charge is 0.726 e. The molecule has 2 rings (SSSR count). The third-order valence-electron chi connectivity index (χ3n) is 4.07. The van der Waals surface area contributed by atoms with Crippen LogP contribution in [0, 0.1) is 0 Å². The molecule has 0 aromatic carbocycles. The normalized spacial score (nSPS) is 41.1. The topological polar surface area (TPSA) is 215 Å². The minimum Gasteiger partial charge on any atom is -0.726 e. The van der Waals surface area contributed by atoms with Crippen molar-refractivity contribution in [2.75, 3.05) is 19.8 Å². The van der Waals surface area contributed by atoms with Crippen molar-refractivity contribution in [3.63, 3.8) is 0 Å². The molecule has 0 aromatic rings. The molecule has 27 heavy (non-hydrogen) atoms. The van der Waals surface area contributed by atoms with Crippen molar-refractivity contribution >= 4 is 10.4 Å². The molecule has 154 valence electrons. The second kappa shape index (κ2) is 10.5. The van der Waals surface area contributed by atoms with E-state index in [9.17, 15) is 38.5 Å². The van der Waals surface area contributed by atoms with E-state index >= 15 is 0 Å². The van der Waals surface area contributed by atoms with Crippen LogP contribution in [-0.4, -0.2) is 119 Å². The van der Waals surface area contributed by atoms with E-state index in [1.54, 1.807) is 0 Å². The van der Waals surface area contributed by atoms with Crippen LogP contribution in [-0.2, 0) is 28.8 Å². The molecular formula is C12H21NaO13S. The fourth-order valence-corrected chi connectivity index (χ4v) is 3.31. The fourth-order valence-electron chi connectivity index (χ4n) is 2.80. The molecule has 2 aliphatic rings. The summed E-state index contributed by atoms with van der Waals surface area (Å²) in [6, 6.07) is 0. The molecule has 6 N–H and O–H groups in total. The SMILES string of the molecule is O=S(=O)([O-])O[C@@H]1[C@H](O)[C@@H](O)[C@H](O[C@@H]2[C@@H]([C@@H](O)CO)OC[C@H]2O)O[C@@H]1CO.[Na+]. The second-order valence-corrected chi connectivity index (χ2v) is 6.90. The quantitative estimate of drug-likeness (QED) is 0.126. The van der Waals surface area contributed by atoms with Crippen molar-refractivity contribution in [3.8, 4) is 0 Å². The Labute approximate surface area is 176 Å². The van der Waals surface area contributed by atoms with Crippen LogP contribution >= 0.6 is 0 Å². The van der Waals surface area contributed by atoms with Gasteiger partial charge in [-0.1, -0.05) is 0 Å². The van der Waals surface area contributed by atoms with Gasteiger partial charge in [0.05, 0.1) is 19.8 Å². The van der Waals surface area contributed by atoms with Crippen LogP contribution in [0.4, 0.5) is 0 Å². The third-order valence-corrected chi connectivity index (χ3v) is 4.53. The number of aliphatic hydroxyl groups excluding tert-OH is 6. The summed E-state index contributed by atoms with van der Waals surface area (Å²) in [5.41, 5.74) is 0. The fraction of sp³-hybridized carbons (Fsp3) is 1.00. The average molecular weight is 428 g/mol. The van der Waals surface area contributed by atoms with Crippen LogP contribution in [0.2, 0.25) is 0 Å². The maximum atomic E-state index is 10.7. The summed E-state index contributed by atoms with van der Waals surface area (Å²) in [6.45, 7) is -1.85. The van der Waals surface area contributed by atoms with Crippen molar-refractivity contribution < 1.29 is 91.6 Å². The molecule has 0 amide bonds. The molecule has 0 radical (unpaired) electrons. The Kier molecular flexibility index (Phi) is 9.95. The minimum atomic E-state index is -5.27. The van der Waals surface area contributed by atoms with Gasteiger partial charge in [0.1, 0.15) is 48.8 Å². The van der Waals surface area contributed by atoms with E-state index in [4.69, 9.17) is 19.3 Å². The van der Waals surface area contributed by atoms with Crippen molar-refractivity contribution in [1.29, 1.82) is 0 Å². The van der Waals surface area contributed by atoms with Gasteiger partial charge in [-0.25, -0.2) is 8.42 Å². The Morgan fingerprint density at radius 1 is 1.15 bits per heavy atom. The first-order chi connectivity index (χ1) is 12.1. The Morgan fingerprint density at radius 2 is 1.78 bits per heavy atom. The number of ether oxygens (including phenoxy) is 3. The molecule has 2 aliphatic heterocycles. The Hall–Kier alpha value is 0.510. The summed E-state index contributed by atoms with van der Waals surface area (Å²) in [4.78, 5) is 0. The molecule has 0 aromatic heterocycles. The van der Waals surface area contributed by atoms with Crippen LogP contribution in [0.25, 0.3) is 0 Å². The summed E-state index contributed by atoms with van der Waals surface area (Å²) in [5.74, 6) is 0. The molecule has 0 bridgehead atoms. The predicted octanol–water partition coefficient (Wildman–Crippen LogP) is -8.23. The van der Waals surface area contributed by atoms with E-state index in [-0.39, 0.29) is 36.2 Å². The predicted molar refractivity (Wildman–Crippen MR) is 76.0 cm³/mol. The Balaban J connectivity index is 0.00000364. The number of aliphatic hydroxyl groups is 6. The van der Waals surface area contributed by atoms with Gasteiger partial charge in [-0.15, -0.1) is 0 Å². The molecular weight excluding hydrogens is 407 g/mol. The van der Waals surface area contributed by atoms with Crippen LogP contribution in [0.5, 0.6) is 0 Å². The molecule has 13 nitrogen and oxygen atoms in total. The maximum absolute atomic E-state index is 10.7. The van der Waals surface area contributed by atoms with Gasteiger partial charge in [0, 0.05) is 0 Å². The summed E-state index contributed by atoms with van der Waals surface area (Å²) in [6.07, 6.45) is -14.2. The van der Waals surface area contributed by atoms with Gasteiger partial charge in [0.2, 0.25) is 10.4 Å². The summed E-state index contributed by atoms with van der Waals surface area (Å²) >= 11 is 0. The molecule has 0 unspecified atom stereocenters. The summed E-state index contributed by atoms with van der Waals surface area (Å²) in [5, 5.41) is 57.9. The van der Waals surface area contributed by atoms with Crippen molar-refractivity contribution in [3.05, 3.63) is 0 Å². The van der Waals surface area contributed by atoms with Gasteiger partial charge in [-0.3, -0.25) is 4.18 Å². The zero-order valence-corrected chi connectivity index (χ0v) is 17.1. The van der Waals surface area contributed by atoms with E-state index in [2.05, 4.69) is 4.18 Å². The zero-order chi connectivity index (χ0) is 19.6. The van der Waals surface area contributed by atoms with E-state index in [0.717, 1.165) is 0 Å². The van der Waals surface area contributed by atoms with E-state index in [1.165, 1.54) is 0 Å². The van der Waals surface area contributed by atoms with Crippen LogP contribution in [0.3, 0.4) is 0 Å². The molecule has 2 heterocycles. The van der Waals surface area contributed by atoms with Crippen LogP contribution < -0.4 is 29.6 Å². The first-order valence-electron chi connectivity index (χ1n) is 7.59. The van der Waals surface area contributed by atoms with Gasteiger partial charge in [-0.05, 0) is 0 Å². The zero-order valence-electron chi connectivity index (χ0n) is 14.3. The molecule has 0 saturated carbocycles. The largest absolute Gasteiger partial charge is 1.00 e. The standard InChI is InChI=1S/C12H22O13S.Na/c13-1-4(15)9-10(5(16)3-22-9)24-12-8(18)7(17)11(6(2-14)23-12)25-26(19,20)21;/h4-18H,1-3H2,(H,19,20,21);/q;+1/p-1/t4-,5+,6+,7+,8+,9+,10-,11-,12-;/m0./s1. The molecule has 2 fully saturated rings. The van der Waals surface area contributed by atoms with Gasteiger partial charge in [0.25, 0.3) is 0 Å². The summed E-state index contributed by atoms with van der Waals surface area (Å²) < 4.78 is 51.8. The van der Waals surface area contributed by atoms with Crippen LogP contribution in [0.15, 0.2) is 0 Å². The van der Waals surface area contributed by atoms with Gasteiger partial charge >= 0.3 is 29.6 Å². The van der Waals surface area contributed by atoms with Gasteiger partial charge in [0.15, 0.2) is 6.29 Å². The number of rotatable bonds is 7. The summed E-state index contributed by atoms with van der Waals surface area (Å²) in [7, 11) is -5.27. The van der Waals surface area contributed by atoms with E-state index < -0.39 is 78.7 Å². The van der Waals surface area contributed by atoms with Crippen LogP contribution in [0.1, 0.15) is 0 Å². The third kappa shape index (κ3) is 6.24. The van der Waals surface area contributed by atoms with E-state index in [1.807, 2.05) is 0 Å². The number of hydrogen-bond donors (Lipinski definition) is 6. The van der Waals surface area contributed by atoms with Gasteiger partial charge in [-0.2, -0.15) is 0 Å². The van der Waals surface area contributed by atoms with Crippen molar-refractivity contribution in [2.24, 2.45) is 0 Å². The van der Waals surface area contributed by atoms with Crippen molar-refractivity contribution in [2.45, 2.75) is 55.1 Å². The minimum absolute atomic E-state index is 0. The molecule has 0 spiro atoms. The second-order valence-electron chi connectivity index (χ2n) is 5.89. The first-order valence-corrected chi connectivity index (χ1v) is 8.93. The Morgan fingerprint density at radius 3 is 2.30 bits per heavy atom. The maximum Gasteiger partial charge on any atom is 1.00 e. The van der Waals surface area contributed by atoms with Gasteiger partial charge < -0.3 is 49.4 Å². The molecule has 15 heteroatoms. The molecule has 0 aliphatic carbocycles.